The van der Waals surface area contributed by atoms with E-state index < -0.39 is 7.25 Å². The van der Waals surface area contributed by atoms with Gasteiger partial charge in [0.25, 0.3) is 0 Å². The summed E-state index contributed by atoms with van der Waals surface area (Å²) in [7, 11) is -6.00. The summed E-state index contributed by atoms with van der Waals surface area (Å²) in [5.74, 6) is 0.878. The summed E-state index contributed by atoms with van der Waals surface area (Å²) in [4.78, 5) is 2.49. The van der Waals surface area contributed by atoms with Gasteiger partial charge in [0.05, 0.1) is 24.5 Å². The summed E-state index contributed by atoms with van der Waals surface area (Å²) in [5, 5.41) is 3.16. The molecule has 2 heterocycles. The van der Waals surface area contributed by atoms with Gasteiger partial charge >= 0.3 is 7.25 Å². The Bertz CT molecular complexity index is 1050. The minimum Gasteiger partial charge on any atom is -0.456 e. The van der Waals surface area contributed by atoms with E-state index in [-0.39, 0.29) is 0 Å². The lowest BCUT2D eigenvalue weighted by molar-refractivity contribution is 0.234. The molecule has 3 nitrogen and oxygen atoms in total. The molecule has 4 rings (SSSR count). The molecule has 0 radical (unpaired) electrons. The number of likely N-dealkylation sites (N-methyl/N-ethyl adjacent to an activating group) is 1. The lowest BCUT2D eigenvalue weighted by atomic mass is 10.1. The average molecular weight is 441 g/mol. The van der Waals surface area contributed by atoms with Crippen LogP contribution in [0.25, 0.3) is 22.3 Å². The highest BCUT2D eigenvalue weighted by atomic mass is 35.5. The first kappa shape index (κ1) is 22.4. The largest absolute Gasteiger partial charge is 0.673 e. The van der Waals surface area contributed by atoms with Crippen LogP contribution in [0.3, 0.4) is 0 Å². The first-order valence-corrected chi connectivity index (χ1v) is 10.1. The zero-order chi connectivity index (χ0) is 21.7. The number of fused-ring (bicyclic) bond motifs is 1. The fourth-order valence-electron chi connectivity index (χ4n) is 3.44. The van der Waals surface area contributed by atoms with Gasteiger partial charge in [0.2, 0.25) is 5.36 Å². The van der Waals surface area contributed by atoms with E-state index in [2.05, 4.69) is 34.6 Å². The van der Waals surface area contributed by atoms with Crippen LogP contribution in [0.15, 0.2) is 59.0 Å². The van der Waals surface area contributed by atoms with Crippen molar-refractivity contribution in [2.24, 2.45) is 0 Å². The van der Waals surface area contributed by atoms with E-state index in [1.54, 1.807) is 0 Å². The maximum Gasteiger partial charge on any atom is 0.673 e. The van der Waals surface area contributed by atoms with E-state index in [0.717, 1.165) is 54.7 Å². The molecule has 1 aromatic heterocycles. The predicted octanol–water partition coefficient (Wildman–Crippen LogP) is 5.16. The number of piperazine rings is 1. The molecule has 9 heteroatoms. The van der Waals surface area contributed by atoms with Crippen LogP contribution >= 0.6 is 11.6 Å². The van der Waals surface area contributed by atoms with Crippen LogP contribution in [0, 0.1) is 0 Å². The van der Waals surface area contributed by atoms with E-state index in [4.69, 9.17) is 16.0 Å². The SMILES string of the molecule is CCN1CC[N+](=c2cc(-c3ccc(Cl)cc3)oc3ccccc23)CC1.F[B-](F)(F)F. The van der Waals surface area contributed by atoms with Crippen molar-refractivity contribution in [2.45, 2.75) is 6.92 Å². The monoisotopic (exact) mass is 440 g/mol. The molecule has 0 spiro atoms. The number of nitrogens with zero attached hydrogens (tertiary/aromatic N) is 2. The van der Waals surface area contributed by atoms with Gasteiger partial charge in [-0.05, 0) is 42.9 Å². The van der Waals surface area contributed by atoms with Crippen LogP contribution in [-0.2, 0) is 0 Å². The first-order chi connectivity index (χ1) is 14.2. The Morgan fingerprint density at radius 2 is 1.60 bits per heavy atom. The molecular weight excluding hydrogens is 419 g/mol. The van der Waals surface area contributed by atoms with Gasteiger partial charge in [0, 0.05) is 10.6 Å². The lowest BCUT2D eigenvalue weighted by Crippen LogP contribution is -2.47. The van der Waals surface area contributed by atoms with Crippen molar-refractivity contribution < 1.29 is 21.7 Å². The standard InChI is InChI=1S/C21H22ClN2O.BF4/c1-2-23-11-13-24(14-12-23)19-15-21(16-7-9-17(22)10-8-16)25-20-6-4-3-5-18(19)20;2-1(3,4)5/h3-10,15H,2,11-14H2,1H3;/q+1;-1. The summed E-state index contributed by atoms with van der Waals surface area (Å²) >= 11 is 6.03. The Morgan fingerprint density at radius 1 is 1.00 bits per heavy atom. The average Bonchev–Trinajstić information content (AvgIpc) is 2.72. The van der Waals surface area contributed by atoms with Crippen LogP contribution in [0.5, 0.6) is 0 Å². The zero-order valence-electron chi connectivity index (χ0n) is 16.5. The summed E-state index contributed by atoms with van der Waals surface area (Å²) in [6.45, 7) is 7.64. The Labute approximate surface area is 177 Å². The van der Waals surface area contributed by atoms with E-state index in [0.29, 0.717) is 0 Å². The molecule has 3 aromatic rings. The van der Waals surface area contributed by atoms with Crippen molar-refractivity contribution in [2.75, 3.05) is 32.7 Å². The van der Waals surface area contributed by atoms with Gasteiger partial charge in [-0.3, -0.25) is 4.90 Å². The third-order valence-electron chi connectivity index (χ3n) is 4.94. The second kappa shape index (κ2) is 9.66. The maximum atomic E-state index is 9.75. The van der Waals surface area contributed by atoms with E-state index >= 15 is 0 Å². The van der Waals surface area contributed by atoms with Crippen LogP contribution in [0.4, 0.5) is 17.3 Å². The lowest BCUT2D eigenvalue weighted by Gasteiger charge is -2.23. The van der Waals surface area contributed by atoms with Gasteiger partial charge < -0.3 is 21.7 Å². The molecule has 1 fully saturated rings. The van der Waals surface area contributed by atoms with Gasteiger partial charge in [-0.15, -0.1) is 0 Å². The summed E-state index contributed by atoms with van der Waals surface area (Å²) in [5.41, 5.74) is 1.96. The normalized spacial score (nSPS) is 15.1. The Balaban J connectivity index is 0.000000461. The van der Waals surface area contributed by atoms with Crippen molar-refractivity contribution >= 4 is 29.8 Å². The first-order valence-electron chi connectivity index (χ1n) is 9.71. The molecule has 30 heavy (non-hydrogen) atoms. The smallest absolute Gasteiger partial charge is 0.456 e. The van der Waals surface area contributed by atoms with Gasteiger partial charge in [-0.25, -0.2) is 4.58 Å². The highest BCUT2D eigenvalue weighted by Gasteiger charge is 2.21. The highest BCUT2D eigenvalue weighted by Crippen LogP contribution is 2.23. The topological polar surface area (TPSA) is 19.4 Å². The molecule has 1 aliphatic heterocycles. The quantitative estimate of drug-likeness (QED) is 0.311. The van der Waals surface area contributed by atoms with Crippen molar-refractivity contribution in [3.63, 3.8) is 0 Å². The number of halogens is 5. The van der Waals surface area contributed by atoms with Gasteiger partial charge in [-0.1, -0.05) is 30.7 Å². The second-order valence-electron chi connectivity index (χ2n) is 6.92. The predicted molar refractivity (Wildman–Crippen MR) is 114 cm³/mol. The fourth-order valence-corrected chi connectivity index (χ4v) is 3.57. The van der Waals surface area contributed by atoms with E-state index in [9.17, 15) is 17.3 Å². The van der Waals surface area contributed by atoms with Crippen molar-refractivity contribution in [1.29, 1.82) is 0 Å². The highest BCUT2D eigenvalue weighted by molar-refractivity contribution is 6.50. The molecule has 0 amide bonds. The third kappa shape index (κ3) is 6.09. The van der Waals surface area contributed by atoms with Crippen LogP contribution in [0.1, 0.15) is 6.92 Å². The second-order valence-corrected chi connectivity index (χ2v) is 7.35. The van der Waals surface area contributed by atoms with E-state index in [1.165, 1.54) is 10.7 Å². The van der Waals surface area contributed by atoms with Crippen LogP contribution in [0.2, 0.25) is 5.02 Å². The molecule has 0 N–H and O–H groups in total. The Morgan fingerprint density at radius 3 is 2.20 bits per heavy atom. The minimum absolute atomic E-state index is 0.737. The maximum absolute atomic E-state index is 9.75. The Hall–Kier alpha value is -2.32. The zero-order valence-corrected chi connectivity index (χ0v) is 17.3. The van der Waals surface area contributed by atoms with Gasteiger partial charge in [0.15, 0.2) is 13.1 Å². The summed E-state index contributed by atoms with van der Waals surface area (Å²) in [6, 6.07) is 18.3. The molecule has 1 saturated heterocycles. The number of hydrogen-bond donors (Lipinski definition) is 0. The molecule has 0 saturated carbocycles. The van der Waals surface area contributed by atoms with Gasteiger partial charge in [0.1, 0.15) is 11.3 Å². The molecule has 1 aliphatic rings. The summed E-state index contributed by atoms with van der Waals surface area (Å²) in [6.07, 6.45) is 0. The summed E-state index contributed by atoms with van der Waals surface area (Å²) < 4.78 is 47.7. The molecule has 160 valence electrons. The van der Waals surface area contributed by atoms with Crippen molar-refractivity contribution in [1.82, 2.24) is 9.48 Å². The Kier molecular flexibility index (Phi) is 7.21. The molecule has 0 aliphatic carbocycles. The van der Waals surface area contributed by atoms with Gasteiger partial charge in [-0.2, -0.15) is 0 Å². The molecule has 0 unspecified atom stereocenters. The third-order valence-corrected chi connectivity index (χ3v) is 5.19. The fraction of sp³-hybridized carbons (Fsp3) is 0.286. The molecular formula is C21H22BClF4N2O. The number of rotatable bonds is 2. The number of para-hydroxylation sites is 1. The number of hydrogen-bond acceptors (Lipinski definition) is 2. The molecule has 0 bridgehead atoms. The van der Waals surface area contributed by atoms with E-state index in [1.807, 2.05) is 36.4 Å². The minimum atomic E-state index is -6.00. The number of benzene rings is 2. The van der Waals surface area contributed by atoms with Crippen molar-refractivity contribution in [3.05, 3.63) is 65.0 Å². The molecule has 2 aromatic carbocycles. The van der Waals surface area contributed by atoms with Crippen molar-refractivity contribution in [3.8, 4) is 11.3 Å². The van der Waals surface area contributed by atoms with Crippen LogP contribution in [-0.4, -0.2) is 44.9 Å². The van der Waals surface area contributed by atoms with Crippen LogP contribution < -0.4 is 9.93 Å². The molecule has 0 atom stereocenters.